The predicted molar refractivity (Wildman–Crippen MR) is 93.2 cm³/mol. The SMILES string of the molecule is CCc1nc2ccc(Br)cn2c1C(=O)Nc1ccccc1OC. The van der Waals surface area contributed by atoms with Crippen LogP contribution < -0.4 is 10.1 Å². The Morgan fingerprint density at radius 1 is 1.30 bits per heavy atom. The van der Waals surface area contributed by atoms with Crippen LogP contribution in [-0.2, 0) is 6.42 Å². The fourth-order valence-corrected chi connectivity index (χ4v) is 2.82. The third kappa shape index (κ3) is 2.94. The lowest BCUT2D eigenvalue weighted by molar-refractivity contribution is 0.102. The summed E-state index contributed by atoms with van der Waals surface area (Å²) in [5, 5.41) is 2.91. The summed E-state index contributed by atoms with van der Waals surface area (Å²) in [6.07, 6.45) is 2.52. The fourth-order valence-electron chi connectivity index (χ4n) is 2.48. The maximum Gasteiger partial charge on any atom is 0.274 e. The maximum atomic E-state index is 12.8. The molecule has 0 saturated carbocycles. The first-order valence-corrected chi connectivity index (χ1v) is 8.04. The molecule has 3 aromatic rings. The van der Waals surface area contributed by atoms with E-state index in [0.29, 0.717) is 23.6 Å². The largest absolute Gasteiger partial charge is 0.495 e. The number of halogens is 1. The van der Waals surface area contributed by atoms with Gasteiger partial charge in [0.25, 0.3) is 5.91 Å². The molecule has 0 aliphatic heterocycles. The van der Waals surface area contributed by atoms with Crippen LogP contribution >= 0.6 is 15.9 Å². The first-order chi connectivity index (χ1) is 11.1. The van der Waals surface area contributed by atoms with Crippen molar-refractivity contribution in [3.05, 3.63) is 58.5 Å². The molecular formula is C17H16BrN3O2. The highest BCUT2D eigenvalue weighted by molar-refractivity contribution is 9.10. The molecular weight excluding hydrogens is 358 g/mol. The van der Waals surface area contributed by atoms with Gasteiger partial charge < -0.3 is 10.1 Å². The molecule has 0 atom stereocenters. The minimum Gasteiger partial charge on any atom is -0.495 e. The van der Waals surface area contributed by atoms with Crippen molar-refractivity contribution in [3.8, 4) is 5.75 Å². The number of imidazole rings is 1. The van der Waals surface area contributed by atoms with Gasteiger partial charge in [0.2, 0.25) is 0 Å². The van der Waals surface area contributed by atoms with Crippen LogP contribution in [0.5, 0.6) is 5.75 Å². The van der Waals surface area contributed by atoms with Crippen LogP contribution in [0.15, 0.2) is 47.1 Å². The predicted octanol–water partition coefficient (Wildman–Crippen LogP) is 3.92. The molecule has 0 fully saturated rings. The summed E-state index contributed by atoms with van der Waals surface area (Å²) in [4.78, 5) is 17.3. The van der Waals surface area contributed by atoms with Gasteiger partial charge in [-0.15, -0.1) is 0 Å². The van der Waals surface area contributed by atoms with E-state index in [-0.39, 0.29) is 5.91 Å². The standard InChI is InChI=1S/C17H16BrN3O2/c1-3-12-16(21-10-11(18)8-9-15(21)19-12)17(22)20-13-6-4-5-7-14(13)23-2/h4-10H,3H2,1-2H3,(H,20,22). The summed E-state index contributed by atoms with van der Waals surface area (Å²) in [6.45, 7) is 1.98. The maximum absolute atomic E-state index is 12.8. The third-order valence-electron chi connectivity index (χ3n) is 3.56. The Morgan fingerprint density at radius 3 is 2.83 bits per heavy atom. The van der Waals surface area contributed by atoms with Gasteiger partial charge in [0.1, 0.15) is 17.1 Å². The van der Waals surface area contributed by atoms with Crippen molar-refractivity contribution in [1.82, 2.24) is 9.38 Å². The number of carbonyl (C=O) groups excluding carboxylic acids is 1. The Morgan fingerprint density at radius 2 is 2.09 bits per heavy atom. The van der Waals surface area contributed by atoms with Gasteiger partial charge in [-0.05, 0) is 46.6 Å². The molecule has 0 saturated heterocycles. The topological polar surface area (TPSA) is 55.6 Å². The Hall–Kier alpha value is -2.34. The van der Waals surface area contributed by atoms with E-state index >= 15 is 0 Å². The molecule has 0 spiro atoms. The molecule has 23 heavy (non-hydrogen) atoms. The van der Waals surface area contributed by atoms with Gasteiger partial charge in [0, 0.05) is 10.7 Å². The fraction of sp³-hybridized carbons (Fsp3) is 0.176. The second kappa shape index (κ2) is 6.42. The molecule has 0 aliphatic carbocycles. The zero-order valence-electron chi connectivity index (χ0n) is 12.8. The van der Waals surface area contributed by atoms with E-state index in [2.05, 4.69) is 26.2 Å². The zero-order chi connectivity index (χ0) is 16.4. The second-order valence-corrected chi connectivity index (χ2v) is 5.91. The van der Waals surface area contributed by atoms with E-state index < -0.39 is 0 Å². The number of nitrogens with zero attached hydrogens (tertiary/aromatic N) is 2. The monoisotopic (exact) mass is 373 g/mol. The molecule has 1 N–H and O–H groups in total. The Kier molecular flexibility index (Phi) is 4.34. The molecule has 0 bridgehead atoms. The summed E-state index contributed by atoms with van der Waals surface area (Å²) in [5.41, 5.74) is 2.67. The summed E-state index contributed by atoms with van der Waals surface area (Å²) in [5.74, 6) is 0.408. The molecule has 118 valence electrons. The number of anilines is 1. The minimum absolute atomic E-state index is 0.211. The number of carbonyl (C=O) groups is 1. The number of benzene rings is 1. The number of amides is 1. The Bertz CT molecular complexity index is 873. The van der Waals surface area contributed by atoms with E-state index in [4.69, 9.17) is 4.74 Å². The number of para-hydroxylation sites is 2. The van der Waals surface area contributed by atoms with Crippen molar-refractivity contribution in [2.24, 2.45) is 0 Å². The molecule has 2 heterocycles. The van der Waals surface area contributed by atoms with E-state index in [9.17, 15) is 4.79 Å². The lowest BCUT2D eigenvalue weighted by Crippen LogP contribution is -2.16. The summed E-state index contributed by atoms with van der Waals surface area (Å²) < 4.78 is 7.97. The van der Waals surface area contributed by atoms with E-state index in [1.54, 1.807) is 17.6 Å². The molecule has 3 rings (SSSR count). The number of aryl methyl sites for hydroxylation is 1. The molecule has 1 amide bonds. The lowest BCUT2D eigenvalue weighted by Gasteiger charge is -2.10. The summed E-state index contributed by atoms with van der Waals surface area (Å²) >= 11 is 3.44. The van der Waals surface area contributed by atoms with Gasteiger partial charge in [-0.2, -0.15) is 0 Å². The van der Waals surface area contributed by atoms with Crippen molar-refractivity contribution < 1.29 is 9.53 Å². The number of hydrogen-bond acceptors (Lipinski definition) is 3. The molecule has 1 aromatic carbocycles. The quantitative estimate of drug-likeness (QED) is 0.753. The average molecular weight is 374 g/mol. The first-order valence-electron chi connectivity index (χ1n) is 7.25. The van der Waals surface area contributed by atoms with Crippen molar-refractivity contribution in [1.29, 1.82) is 0 Å². The molecule has 2 aromatic heterocycles. The van der Waals surface area contributed by atoms with E-state index in [0.717, 1.165) is 15.8 Å². The van der Waals surface area contributed by atoms with E-state index in [1.807, 2.05) is 43.5 Å². The average Bonchev–Trinajstić information content (AvgIpc) is 2.93. The Balaban J connectivity index is 2.05. The first kappa shape index (κ1) is 15.6. The number of fused-ring (bicyclic) bond motifs is 1. The summed E-state index contributed by atoms with van der Waals surface area (Å²) in [7, 11) is 1.58. The van der Waals surface area contributed by atoms with Gasteiger partial charge in [-0.3, -0.25) is 9.20 Å². The normalized spacial score (nSPS) is 10.7. The van der Waals surface area contributed by atoms with Crippen LogP contribution in [0.3, 0.4) is 0 Å². The molecule has 0 unspecified atom stereocenters. The molecule has 6 heteroatoms. The van der Waals surface area contributed by atoms with Crippen LogP contribution in [0.4, 0.5) is 5.69 Å². The highest BCUT2D eigenvalue weighted by atomic mass is 79.9. The van der Waals surface area contributed by atoms with Crippen molar-refractivity contribution >= 4 is 33.2 Å². The van der Waals surface area contributed by atoms with Gasteiger partial charge >= 0.3 is 0 Å². The minimum atomic E-state index is -0.211. The number of aromatic nitrogens is 2. The number of hydrogen-bond donors (Lipinski definition) is 1. The number of pyridine rings is 1. The van der Waals surface area contributed by atoms with Crippen molar-refractivity contribution in [3.63, 3.8) is 0 Å². The van der Waals surface area contributed by atoms with Gasteiger partial charge in [-0.25, -0.2) is 4.98 Å². The highest BCUT2D eigenvalue weighted by Crippen LogP contribution is 2.25. The smallest absolute Gasteiger partial charge is 0.274 e. The van der Waals surface area contributed by atoms with Gasteiger partial charge in [-0.1, -0.05) is 19.1 Å². The molecule has 0 radical (unpaired) electrons. The number of nitrogens with one attached hydrogen (secondary N) is 1. The molecule has 0 aliphatic rings. The second-order valence-electron chi connectivity index (χ2n) is 4.99. The van der Waals surface area contributed by atoms with Crippen molar-refractivity contribution in [2.45, 2.75) is 13.3 Å². The van der Waals surface area contributed by atoms with Crippen LogP contribution in [0.25, 0.3) is 5.65 Å². The highest BCUT2D eigenvalue weighted by Gasteiger charge is 2.19. The van der Waals surface area contributed by atoms with Crippen LogP contribution in [-0.4, -0.2) is 22.4 Å². The van der Waals surface area contributed by atoms with Gasteiger partial charge in [0.15, 0.2) is 0 Å². The van der Waals surface area contributed by atoms with Crippen LogP contribution in [0, 0.1) is 0 Å². The number of ether oxygens (including phenoxy) is 1. The van der Waals surface area contributed by atoms with Crippen LogP contribution in [0.2, 0.25) is 0 Å². The van der Waals surface area contributed by atoms with Crippen LogP contribution in [0.1, 0.15) is 23.1 Å². The summed E-state index contributed by atoms with van der Waals surface area (Å²) in [6, 6.07) is 11.1. The number of rotatable bonds is 4. The van der Waals surface area contributed by atoms with E-state index in [1.165, 1.54) is 0 Å². The zero-order valence-corrected chi connectivity index (χ0v) is 14.4. The van der Waals surface area contributed by atoms with Crippen molar-refractivity contribution in [2.75, 3.05) is 12.4 Å². The Labute approximate surface area is 142 Å². The third-order valence-corrected chi connectivity index (χ3v) is 4.03. The molecule has 5 nitrogen and oxygen atoms in total. The number of methoxy groups -OCH3 is 1. The lowest BCUT2D eigenvalue weighted by atomic mass is 10.2. The van der Waals surface area contributed by atoms with Gasteiger partial charge in [0.05, 0.1) is 18.5 Å².